The Balaban J connectivity index is 2.13. The van der Waals surface area contributed by atoms with Crippen molar-refractivity contribution >= 4 is 11.5 Å². The van der Waals surface area contributed by atoms with Crippen LogP contribution >= 0.6 is 0 Å². The summed E-state index contributed by atoms with van der Waals surface area (Å²) in [5.41, 5.74) is 7.95. The van der Waals surface area contributed by atoms with Gasteiger partial charge in [-0.2, -0.15) is 10.4 Å². The average Bonchev–Trinajstić information content (AvgIpc) is 2.38. The number of nitrogen functional groups attached to an aromatic ring is 1. The van der Waals surface area contributed by atoms with Crippen LogP contribution in [0.2, 0.25) is 0 Å². The van der Waals surface area contributed by atoms with Crippen LogP contribution in [0, 0.1) is 11.3 Å². The maximum atomic E-state index is 8.89. The van der Waals surface area contributed by atoms with Crippen LogP contribution in [-0.2, 0) is 6.54 Å². The van der Waals surface area contributed by atoms with Crippen molar-refractivity contribution in [3.05, 3.63) is 47.7 Å². The molecule has 0 saturated heterocycles. The number of rotatable bonds is 3. The third-order valence-electron chi connectivity index (χ3n) is 2.34. The van der Waals surface area contributed by atoms with Gasteiger partial charge >= 0.3 is 0 Å². The van der Waals surface area contributed by atoms with Gasteiger partial charge in [0.15, 0.2) is 5.82 Å². The lowest BCUT2D eigenvalue weighted by atomic mass is 10.2. The van der Waals surface area contributed by atoms with Gasteiger partial charge in [-0.15, -0.1) is 5.10 Å². The fraction of sp³-hybridized carbons (Fsp3) is 0.0833. The molecule has 1 aromatic heterocycles. The summed E-state index contributed by atoms with van der Waals surface area (Å²) >= 11 is 0. The molecule has 0 aliphatic rings. The summed E-state index contributed by atoms with van der Waals surface area (Å²) in [6.45, 7) is 0.514. The first-order valence-corrected chi connectivity index (χ1v) is 5.10. The van der Waals surface area contributed by atoms with Crippen LogP contribution in [0.15, 0.2) is 36.5 Å². The lowest BCUT2D eigenvalue weighted by molar-refractivity contribution is 0.995. The van der Waals surface area contributed by atoms with Crippen molar-refractivity contribution < 1.29 is 0 Å². The second kappa shape index (κ2) is 4.94. The van der Waals surface area contributed by atoms with Crippen molar-refractivity contribution in [3.8, 4) is 6.07 Å². The summed E-state index contributed by atoms with van der Waals surface area (Å²) in [4.78, 5) is 0. The van der Waals surface area contributed by atoms with Crippen LogP contribution in [0.1, 0.15) is 11.1 Å². The summed E-state index contributed by atoms with van der Waals surface area (Å²) in [7, 11) is 0. The van der Waals surface area contributed by atoms with Gasteiger partial charge in [0.05, 0.1) is 11.8 Å². The molecule has 0 atom stereocenters. The molecule has 0 bridgehead atoms. The summed E-state index contributed by atoms with van der Waals surface area (Å²) < 4.78 is 0. The number of aromatic nitrogens is 2. The molecule has 3 N–H and O–H groups in total. The van der Waals surface area contributed by atoms with Crippen molar-refractivity contribution in [2.45, 2.75) is 6.54 Å². The molecule has 0 unspecified atom stereocenters. The minimum absolute atomic E-state index is 0.467. The van der Waals surface area contributed by atoms with Crippen molar-refractivity contribution in [3.63, 3.8) is 0 Å². The Morgan fingerprint density at radius 3 is 2.88 bits per heavy atom. The Morgan fingerprint density at radius 1 is 1.29 bits per heavy atom. The van der Waals surface area contributed by atoms with E-state index in [1.165, 1.54) is 6.20 Å². The second-order valence-corrected chi connectivity index (χ2v) is 3.46. The quantitative estimate of drug-likeness (QED) is 0.773. The molecule has 17 heavy (non-hydrogen) atoms. The Morgan fingerprint density at radius 2 is 2.12 bits per heavy atom. The fourth-order valence-corrected chi connectivity index (χ4v) is 1.43. The number of para-hydroxylation sites is 1. The van der Waals surface area contributed by atoms with Crippen LogP contribution in [0.25, 0.3) is 0 Å². The number of hydrogen-bond donors (Lipinski definition) is 2. The second-order valence-electron chi connectivity index (χ2n) is 3.46. The predicted molar refractivity (Wildman–Crippen MR) is 64.9 cm³/mol. The van der Waals surface area contributed by atoms with Crippen molar-refractivity contribution in [2.75, 3.05) is 11.1 Å². The van der Waals surface area contributed by atoms with Crippen LogP contribution in [0.5, 0.6) is 0 Å². The molecule has 1 heterocycles. The molecule has 1 aromatic carbocycles. The summed E-state index contributed by atoms with van der Waals surface area (Å²) in [6.07, 6.45) is 1.49. The molecule has 0 spiro atoms. The van der Waals surface area contributed by atoms with E-state index >= 15 is 0 Å². The van der Waals surface area contributed by atoms with Crippen LogP contribution in [0.4, 0.5) is 11.5 Å². The highest BCUT2D eigenvalue weighted by atomic mass is 15.2. The Hall–Kier alpha value is -2.61. The van der Waals surface area contributed by atoms with Gasteiger partial charge in [0.25, 0.3) is 0 Å². The van der Waals surface area contributed by atoms with E-state index in [0.29, 0.717) is 23.6 Å². The average molecular weight is 225 g/mol. The zero-order valence-electron chi connectivity index (χ0n) is 9.09. The number of benzene rings is 1. The van der Waals surface area contributed by atoms with Gasteiger partial charge in [-0.05, 0) is 17.7 Å². The Kier molecular flexibility index (Phi) is 3.17. The zero-order valence-corrected chi connectivity index (χ0v) is 9.09. The molecule has 0 aliphatic heterocycles. The van der Waals surface area contributed by atoms with E-state index in [-0.39, 0.29) is 0 Å². The molecular weight excluding hydrogens is 214 g/mol. The molecule has 84 valence electrons. The molecule has 5 heteroatoms. The fourth-order valence-electron chi connectivity index (χ4n) is 1.43. The number of nitrogens with one attached hydrogen (secondary N) is 1. The van der Waals surface area contributed by atoms with Gasteiger partial charge in [-0.3, -0.25) is 0 Å². The highest BCUT2D eigenvalue weighted by Crippen LogP contribution is 2.14. The molecule has 0 aliphatic carbocycles. The van der Waals surface area contributed by atoms with Gasteiger partial charge in [-0.1, -0.05) is 18.2 Å². The topological polar surface area (TPSA) is 87.6 Å². The van der Waals surface area contributed by atoms with Crippen molar-refractivity contribution in [1.82, 2.24) is 10.2 Å². The molecule has 2 aromatic rings. The van der Waals surface area contributed by atoms with E-state index in [9.17, 15) is 0 Å². The van der Waals surface area contributed by atoms with E-state index < -0.39 is 0 Å². The Bertz CT molecular complexity index is 559. The molecule has 5 nitrogen and oxygen atoms in total. The largest absolute Gasteiger partial charge is 0.398 e. The molecular formula is C12H11N5. The summed E-state index contributed by atoms with van der Waals surface area (Å²) in [5.74, 6) is 0.471. The smallest absolute Gasteiger partial charge is 0.166 e. The standard InChI is InChI=1S/C12H11N5/c13-7-9-5-6-16-17-12(9)15-8-10-3-1-2-4-11(10)14/h1-6H,8,14H2,(H,15,17). The van der Waals surface area contributed by atoms with E-state index in [2.05, 4.69) is 21.6 Å². The van der Waals surface area contributed by atoms with Crippen LogP contribution in [0.3, 0.4) is 0 Å². The summed E-state index contributed by atoms with van der Waals surface area (Å²) in [5, 5.41) is 19.5. The van der Waals surface area contributed by atoms with E-state index in [4.69, 9.17) is 11.0 Å². The zero-order chi connectivity index (χ0) is 12.1. The van der Waals surface area contributed by atoms with Gasteiger partial charge in [0.1, 0.15) is 6.07 Å². The Labute approximate surface area is 98.9 Å². The van der Waals surface area contributed by atoms with E-state index in [0.717, 1.165) is 5.56 Å². The minimum Gasteiger partial charge on any atom is -0.398 e. The normalized spacial score (nSPS) is 9.59. The van der Waals surface area contributed by atoms with Gasteiger partial charge in [0.2, 0.25) is 0 Å². The lowest BCUT2D eigenvalue weighted by Crippen LogP contribution is -2.06. The highest BCUT2D eigenvalue weighted by Gasteiger charge is 2.03. The number of nitrogens with two attached hydrogens (primary N) is 1. The highest BCUT2D eigenvalue weighted by molar-refractivity contribution is 5.53. The van der Waals surface area contributed by atoms with Crippen LogP contribution in [-0.4, -0.2) is 10.2 Å². The lowest BCUT2D eigenvalue weighted by Gasteiger charge is -2.08. The molecule has 2 rings (SSSR count). The number of nitriles is 1. The van der Waals surface area contributed by atoms with Gasteiger partial charge in [0, 0.05) is 12.2 Å². The number of nitrogens with zero attached hydrogens (tertiary/aromatic N) is 3. The van der Waals surface area contributed by atoms with Crippen LogP contribution < -0.4 is 11.1 Å². The number of hydrogen-bond acceptors (Lipinski definition) is 5. The maximum absolute atomic E-state index is 8.89. The predicted octanol–water partition coefficient (Wildman–Crippen LogP) is 1.54. The molecule has 0 fully saturated rings. The maximum Gasteiger partial charge on any atom is 0.166 e. The minimum atomic E-state index is 0.467. The SMILES string of the molecule is N#Cc1ccnnc1NCc1ccccc1N. The third kappa shape index (κ3) is 2.49. The first-order chi connectivity index (χ1) is 8.31. The monoisotopic (exact) mass is 225 g/mol. The van der Waals surface area contributed by atoms with Crippen molar-refractivity contribution in [2.24, 2.45) is 0 Å². The molecule has 0 radical (unpaired) electrons. The third-order valence-corrected chi connectivity index (χ3v) is 2.34. The van der Waals surface area contributed by atoms with Crippen molar-refractivity contribution in [1.29, 1.82) is 5.26 Å². The van der Waals surface area contributed by atoms with Gasteiger partial charge < -0.3 is 11.1 Å². The molecule has 0 saturated carbocycles. The first-order valence-electron chi connectivity index (χ1n) is 5.10. The molecule has 0 amide bonds. The van der Waals surface area contributed by atoms with E-state index in [1.807, 2.05) is 24.3 Å². The first kappa shape index (κ1) is 10.9. The van der Waals surface area contributed by atoms with Gasteiger partial charge in [-0.25, -0.2) is 0 Å². The summed E-state index contributed by atoms with van der Waals surface area (Å²) in [6, 6.07) is 11.2. The van der Waals surface area contributed by atoms with E-state index in [1.54, 1.807) is 6.07 Å². The number of anilines is 2.